The molecule has 1 aliphatic heterocycles. The number of ether oxygens (including phenoxy) is 2. The highest BCUT2D eigenvalue weighted by molar-refractivity contribution is 5.74. The summed E-state index contributed by atoms with van der Waals surface area (Å²) in [5.74, 6) is 0.608. The summed E-state index contributed by atoms with van der Waals surface area (Å²) in [5, 5.41) is 0. The normalized spacial score (nSPS) is 16.9. The molecule has 0 amide bonds. The molecule has 0 aliphatic carbocycles. The molecule has 3 nitrogen and oxygen atoms in total. The molecule has 0 fully saturated rings. The molecule has 2 aromatic carbocycles. The molecular weight excluding hydrogens is 233 g/mol. The number of halogens is 1. The first-order valence-electron chi connectivity index (χ1n) is 5.70. The van der Waals surface area contributed by atoms with E-state index in [2.05, 4.69) is 0 Å². The van der Waals surface area contributed by atoms with E-state index in [9.17, 15) is 4.39 Å². The van der Waals surface area contributed by atoms with E-state index < -0.39 is 6.29 Å². The van der Waals surface area contributed by atoms with Gasteiger partial charge in [0.05, 0.1) is 6.54 Å². The van der Waals surface area contributed by atoms with Crippen molar-refractivity contribution in [1.82, 2.24) is 0 Å². The number of rotatable bonds is 2. The van der Waals surface area contributed by atoms with E-state index in [1.54, 1.807) is 0 Å². The van der Waals surface area contributed by atoms with Gasteiger partial charge in [-0.25, -0.2) is 4.39 Å². The Labute approximate surface area is 104 Å². The van der Waals surface area contributed by atoms with Crippen LogP contribution < -0.4 is 15.2 Å². The van der Waals surface area contributed by atoms with Crippen LogP contribution in [0.1, 0.15) is 0 Å². The third-order valence-corrected chi connectivity index (χ3v) is 2.80. The molecule has 0 radical (unpaired) electrons. The largest absolute Gasteiger partial charge is 0.449 e. The predicted molar refractivity (Wildman–Crippen MR) is 65.9 cm³/mol. The highest BCUT2D eigenvalue weighted by Gasteiger charge is 2.27. The Balaban J connectivity index is 2.12. The Bertz CT molecular complexity index is 572. The van der Waals surface area contributed by atoms with Crippen LogP contribution >= 0.6 is 0 Å². The second kappa shape index (κ2) is 4.31. The molecule has 92 valence electrons. The number of nitrogens with two attached hydrogens (primary N) is 1. The standard InChI is InChI=1S/C14H12FNO2/c15-10-6-11(9-4-2-1-3-5-9)14-12(7-10)17-13(8-16)18-14/h1-7,13H,8,16H2/t13-/m1/s1. The summed E-state index contributed by atoms with van der Waals surface area (Å²) in [4.78, 5) is 0. The Morgan fingerprint density at radius 1 is 1.11 bits per heavy atom. The number of fused-ring (bicyclic) bond motifs is 1. The topological polar surface area (TPSA) is 44.5 Å². The summed E-state index contributed by atoms with van der Waals surface area (Å²) in [6.45, 7) is 0.227. The fourth-order valence-corrected chi connectivity index (χ4v) is 2.00. The van der Waals surface area contributed by atoms with Crippen molar-refractivity contribution in [2.75, 3.05) is 6.54 Å². The van der Waals surface area contributed by atoms with Crippen LogP contribution in [-0.4, -0.2) is 12.8 Å². The third-order valence-electron chi connectivity index (χ3n) is 2.80. The third kappa shape index (κ3) is 1.80. The van der Waals surface area contributed by atoms with Crippen LogP contribution in [0.4, 0.5) is 4.39 Å². The van der Waals surface area contributed by atoms with Crippen LogP contribution in [0.2, 0.25) is 0 Å². The first-order chi connectivity index (χ1) is 8.78. The van der Waals surface area contributed by atoms with Crippen LogP contribution in [-0.2, 0) is 0 Å². The minimum absolute atomic E-state index is 0.227. The molecule has 0 unspecified atom stereocenters. The van der Waals surface area contributed by atoms with Crippen molar-refractivity contribution in [3.8, 4) is 22.6 Å². The van der Waals surface area contributed by atoms with Crippen LogP contribution in [0.15, 0.2) is 42.5 Å². The molecular formula is C14H12FNO2. The monoisotopic (exact) mass is 245 g/mol. The number of hydrogen-bond donors (Lipinski definition) is 1. The van der Waals surface area contributed by atoms with Gasteiger partial charge in [0, 0.05) is 11.6 Å². The summed E-state index contributed by atoms with van der Waals surface area (Å²) in [7, 11) is 0. The lowest BCUT2D eigenvalue weighted by atomic mass is 10.0. The number of hydrogen-bond acceptors (Lipinski definition) is 3. The minimum atomic E-state index is -0.538. The van der Waals surface area contributed by atoms with Crippen molar-refractivity contribution in [2.24, 2.45) is 5.73 Å². The molecule has 2 aromatic rings. The van der Waals surface area contributed by atoms with Gasteiger partial charge in [-0.3, -0.25) is 0 Å². The van der Waals surface area contributed by atoms with Crippen molar-refractivity contribution < 1.29 is 13.9 Å². The maximum Gasteiger partial charge on any atom is 0.253 e. The van der Waals surface area contributed by atoms with Gasteiger partial charge < -0.3 is 15.2 Å². The van der Waals surface area contributed by atoms with Gasteiger partial charge in [-0.1, -0.05) is 30.3 Å². The van der Waals surface area contributed by atoms with E-state index in [0.29, 0.717) is 17.1 Å². The fraction of sp³-hybridized carbons (Fsp3) is 0.143. The SMILES string of the molecule is NC[C@@H]1Oc2cc(F)cc(-c3ccccc3)c2O1. The highest BCUT2D eigenvalue weighted by atomic mass is 19.1. The molecule has 0 aromatic heterocycles. The average molecular weight is 245 g/mol. The van der Waals surface area contributed by atoms with Crippen LogP contribution in [0, 0.1) is 5.82 Å². The van der Waals surface area contributed by atoms with E-state index in [1.165, 1.54) is 12.1 Å². The Kier molecular flexibility index (Phi) is 2.64. The van der Waals surface area contributed by atoms with E-state index in [4.69, 9.17) is 15.2 Å². The predicted octanol–water partition coefficient (Wildman–Crippen LogP) is 2.55. The second-order valence-corrected chi connectivity index (χ2v) is 4.05. The molecule has 4 heteroatoms. The molecule has 3 rings (SSSR count). The van der Waals surface area contributed by atoms with Crippen molar-refractivity contribution in [3.05, 3.63) is 48.3 Å². The van der Waals surface area contributed by atoms with E-state index in [-0.39, 0.29) is 12.4 Å². The second-order valence-electron chi connectivity index (χ2n) is 4.05. The molecule has 0 saturated heterocycles. The smallest absolute Gasteiger partial charge is 0.253 e. The Morgan fingerprint density at radius 3 is 2.61 bits per heavy atom. The van der Waals surface area contributed by atoms with Gasteiger partial charge in [0.2, 0.25) is 0 Å². The molecule has 1 aliphatic rings. The average Bonchev–Trinajstić information content (AvgIpc) is 2.81. The zero-order valence-electron chi connectivity index (χ0n) is 9.60. The van der Waals surface area contributed by atoms with Crippen molar-refractivity contribution in [3.63, 3.8) is 0 Å². The zero-order chi connectivity index (χ0) is 12.5. The fourth-order valence-electron chi connectivity index (χ4n) is 2.00. The van der Waals surface area contributed by atoms with Gasteiger partial charge in [0.1, 0.15) is 5.82 Å². The van der Waals surface area contributed by atoms with Crippen LogP contribution in [0.3, 0.4) is 0 Å². The maximum absolute atomic E-state index is 13.6. The first kappa shape index (κ1) is 11.0. The molecule has 0 bridgehead atoms. The lowest BCUT2D eigenvalue weighted by Gasteiger charge is -2.07. The van der Waals surface area contributed by atoms with Gasteiger partial charge >= 0.3 is 0 Å². The van der Waals surface area contributed by atoms with Gasteiger partial charge in [-0.05, 0) is 11.6 Å². The lowest BCUT2D eigenvalue weighted by Crippen LogP contribution is -2.27. The zero-order valence-corrected chi connectivity index (χ0v) is 9.60. The maximum atomic E-state index is 13.6. The van der Waals surface area contributed by atoms with Crippen molar-refractivity contribution >= 4 is 0 Å². The van der Waals surface area contributed by atoms with Gasteiger partial charge in [-0.15, -0.1) is 0 Å². The van der Waals surface area contributed by atoms with Gasteiger partial charge in [0.25, 0.3) is 6.29 Å². The summed E-state index contributed by atoms with van der Waals surface area (Å²) < 4.78 is 24.6. The van der Waals surface area contributed by atoms with Gasteiger partial charge in [-0.2, -0.15) is 0 Å². The molecule has 0 saturated carbocycles. The van der Waals surface area contributed by atoms with E-state index >= 15 is 0 Å². The highest BCUT2D eigenvalue weighted by Crippen LogP contribution is 2.43. The lowest BCUT2D eigenvalue weighted by molar-refractivity contribution is 0.0582. The van der Waals surface area contributed by atoms with E-state index in [1.807, 2.05) is 30.3 Å². The summed E-state index contributed by atoms with van der Waals surface area (Å²) >= 11 is 0. The van der Waals surface area contributed by atoms with Crippen molar-refractivity contribution in [2.45, 2.75) is 6.29 Å². The quantitative estimate of drug-likeness (QED) is 0.884. The summed E-state index contributed by atoms with van der Waals surface area (Å²) in [6, 6.07) is 12.2. The van der Waals surface area contributed by atoms with Gasteiger partial charge in [0.15, 0.2) is 11.5 Å². The Morgan fingerprint density at radius 2 is 1.89 bits per heavy atom. The minimum Gasteiger partial charge on any atom is -0.449 e. The molecule has 1 heterocycles. The molecule has 1 atom stereocenters. The molecule has 2 N–H and O–H groups in total. The van der Waals surface area contributed by atoms with E-state index in [0.717, 1.165) is 5.56 Å². The first-order valence-corrected chi connectivity index (χ1v) is 5.70. The summed E-state index contributed by atoms with van der Waals surface area (Å²) in [6.07, 6.45) is -0.538. The molecule has 0 spiro atoms. The molecule has 18 heavy (non-hydrogen) atoms. The van der Waals surface area contributed by atoms with Crippen molar-refractivity contribution in [1.29, 1.82) is 0 Å². The van der Waals surface area contributed by atoms with Crippen LogP contribution in [0.25, 0.3) is 11.1 Å². The van der Waals surface area contributed by atoms with Crippen LogP contribution in [0.5, 0.6) is 11.5 Å². The number of benzene rings is 2. The Hall–Kier alpha value is -2.07. The summed E-state index contributed by atoms with van der Waals surface area (Å²) in [5.41, 5.74) is 7.06.